The normalized spacial score (nSPS) is 19.9. The van der Waals surface area contributed by atoms with Gasteiger partial charge in [0.25, 0.3) is 0 Å². The molecule has 1 fully saturated rings. The number of carbonyl (C=O) groups is 1. The maximum Gasteiger partial charge on any atom is 0.222 e. The number of aromatic nitrogens is 2. The molecule has 1 N–H and O–H groups in total. The van der Waals surface area contributed by atoms with Crippen LogP contribution in [-0.4, -0.2) is 27.8 Å². The zero-order valence-electron chi connectivity index (χ0n) is 15.1. The molecule has 1 aromatic heterocycles. The average molecular weight is 341 g/mol. The van der Waals surface area contributed by atoms with Crippen molar-refractivity contribution in [3.8, 4) is 0 Å². The molecule has 1 heterocycles. The molecule has 5 heteroatoms. The SMILES string of the molecule is Cc1cc(C)n(CCC(=O)N[C@@H]2CCC[C@H]2OCc2ccccc2)n1. The zero-order valence-corrected chi connectivity index (χ0v) is 15.1. The maximum absolute atomic E-state index is 12.3. The predicted molar refractivity (Wildman–Crippen MR) is 97.1 cm³/mol. The van der Waals surface area contributed by atoms with Crippen LogP contribution >= 0.6 is 0 Å². The minimum Gasteiger partial charge on any atom is -0.371 e. The number of rotatable bonds is 7. The molecule has 1 aromatic carbocycles. The van der Waals surface area contributed by atoms with Gasteiger partial charge in [0.1, 0.15) is 0 Å². The Morgan fingerprint density at radius 1 is 1.28 bits per heavy atom. The quantitative estimate of drug-likeness (QED) is 0.842. The standard InChI is InChI=1S/C20H27N3O2/c1-15-13-16(2)23(22-15)12-11-20(24)21-18-9-6-10-19(18)25-14-17-7-4-3-5-8-17/h3-5,7-8,13,18-19H,6,9-12,14H2,1-2H3,(H,21,24)/t18-,19-/m1/s1. The van der Waals surface area contributed by atoms with Gasteiger partial charge in [0, 0.05) is 18.7 Å². The Labute approximate surface area is 149 Å². The van der Waals surface area contributed by atoms with Crippen molar-refractivity contribution < 1.29 is 9.53 Å². The predicted octanol–water partition coefficient (Wildman–Crippen LogP) is 3.14. The van der Waals surface area contributed by atoms with E-state index in [9.17, 15) is 4.79 Å². The Morgan fingerprint density at radius 2 is 2.08 bits per heavy atom. The zero-order chi connectivity index (χ0) is 17.6. The molecule has 5 nitrogen and oxygen atoms in total. The summed E-state index contributed by atoms with van der Waals surface area (Å²) in [5.74, 6) is 0.0766. The van der Waals surface area contributed by atoms with Crippen LogP contribution in [0.3, 0.4) is 0 Å². The molecule has 134 valence electrons. The second-order valence-electron chi connectivity index (χ2n) is 6.84. The lowest BCUT2D eigenvalue weighted by Crippen LogP contribution is -2.41. The molecule has 1 aliphatic carbocycles. The van der Waals surface area contributed by atoms with Crippen LogP contribution in [-0.2, 0) is 22.7 Å². The Balaban J connectivity index is 1.45. The summed E-state index contributed by atoms with van der Waals surface area (Å²) in [7, 11) is 0. The Kier molecular flexibility index (Phi) is 5.87. The van der Waals surface area contributed by atoms with Crippen LogP contribution in [0.1, 0.15) is 42.6 Å². The summed E-state index contributed by atoms with van der Waals surface area (Å²) in [5.41, 5.74) is 3.25. The Bertz CT molecular complexity index is 696. The highest BCUT2D eigenvalue weighted by molar-refractivity contribution is 5.76. The van der Waals surface area contributed by atoms with Crippen LogP contribution in [0.2, 0.25) is 0 Å². The van der Waals surface area contributed by atoms with Crippen molar-refractivity contribution in [3.05, 3.63) is 53.3 Å². The molecule has 0 aliphatic heterocycles. The van der Waals surface area contributed by atoms with Gasteiger partial charge in [0.15, 0.2) is 0 Å². The van der Waals surface area contributed by atoms with Crippen LogP contribution in [0, 0.1) is 13.8 Å². The lowest BCUT2D eigenvalue weighted by Gasteiger charge is -2.21. The molecule has 2 atom stereocenters. The summed E-state index contributed by atoms with van der Waals surface area (Å²) in [6, 6.07) is 12.3. The van der Waals surface area contributed by atoms with Gasteiger partial charge in [-0.1, -0.05) is 30.3 Å². The summed E-state index contributed by atoms with van der Waals surface area (Å²) in [4.78, 5) is 12.3. The highest BCUT2D eigenvalue weighted by Gasteiger charge is 2.29. The molecule has 0 saturated heterocycles. The number of amides is 1. The molecule has 0 bridgehead atoms. The summed E-state index contributed by atoms with van der Waals surface area (Å²) in [6.45, 7) is 5.20. The first-order valence-corrected chi connectivity index (χ1v) is 9.08. The van der Waals surface area contributed by atoms with E-state index in [0.29, 0.717) is 19.6 Å². The molecule has 2 aromatic rings. The fourth-order valence-corrected chi connectivity index (χ4v) is 3.46. The molecule has 1 amide bonds. The molecule has 1 saturated carbocycles. The first-order valence-electron chi connectivity index (χ1n) is 9.08. The van der Waals surface area contributed by atoms with Gasteiger partial charge in [0.05, 0.1) is 24.4 Å². The van der Waals surface area contributed by atoms with E-state index in [2.05, 4.69) is 22.5 Å². The molecule has 0 unspecified atom stereocenters. The van der Waals surface area contributed by atoms with E-state index in [1.54, 1.807) is 0 Å². The van der Waals surface area contributed by atoms with Crippen molar-refractivity contribution in [2.75, 3.05) is 0 Å². The van der Waals surface area contributed by atoms with Crippen molar-refractivity contribution in [1.82, 2.24) is 15.1 Å². The van der Waals surface area contributed by atoms with Gasteiger partial charge in [-0.25, -0.2) is 0 Å². The topological polar surface area (TPSA) is 56.2 Å². The summed E-state index contributed by atoms with van der Waals surface area (Å²) < 4.78 is 7.95. The number of nitrogens with one attached hydrogen (secondary N) is 1. The van der Waals surface area contributed by atoms with Crippen molar-refractivity contribution >= 4 is 5.91 Å². The minimum absolute atomic E-state index is 0.0766. The smallest absolute Gasteiger partial charge is 0.222 e. The summed E-state index contributed by atoms with van der Waals surface area (Å²) >= 11 is 0. The number of hydrogen-bond acceptors (Lipinski definition) is 3. The highest BCUT2D eigenvalue weighted by atomic mass is 16.5. The molecule has 25 heavy (non-hydrogen) atoms. The molecule has 3 rings (SSSR count). The Hall–Kier alpha value is -2.14. The van der Waals surface area contributed by atoms with E-state index in [4.69, 9.17) is 4.74 Å². The van der Waals surface area contributed by atoms with Gasteiger partial charge >= 0.3 is 0 Å². The molecular formula is C20H27N3O2. The number of aryl methyl sites for hydroxylation is 3. The van der Waals surface area contributed by atoms with Crippen molar-refractivity contribution in [3.63, 3.8) is 0 Å². The summed E-state index contributed by atoms with van der Waals surface area (Å²) in [5, 5.41) is 7.56. The van der Waals surface area contributed by atoms with Crippen LogP contribution in [0.15, 0.2) is 36.4 Å². The number of ether oxygens (including phenoxy) is 1. The monoisotopic (exact) mass is 341 g/mol. The second kappa shape index (κ2) is 8.30. The van der Waals surface area contributed by atoms with Crippen LogP contribution in [0.5, 0.6) is 0 Å². The average Bonchev–Trinajstić information content (AvgIpc) is 3.17. The van der Waals surface area contributed by atoms with E-state index in [0.717, 1.165) is 30.7 Å². The van der Waals surface area contributed by atoms with Crippen molar-refractivity contribution in [2.45, 2.75) is 64.8 Å². The third kappa shape index (κ3) is 4.92. The van der Waals surface area contributed by atoms with Gasteiger partial charge < -0.3 is 10.1 Å². The molecular weight excluding hydrogens is 314 g/mol. The molecule has 0 spiro atoms. The van der Waals surface area contributed by atoms with E-state index in [1.807, 2.05) is 42.8 Å². The van der Waals surface area contributed by atoms with Gasteiger partial charge in [-0.15, -0.1) is 0 Å². The Morgan fingerprint density at radius 3 is 2.80 bits per heavy atom. The first-order chi connectivity index (χ1) is 12.1. The maximum atomic E-state index is 12.3. The van der Waals surface area contributed by atoms with E-state index < -0.39 is 0 Å². The first kappa shape index (κ1) is 17.7. The van der Waals surface area contributed by atoms with Gasteiger partial charge in [-0.2, -0.15) is 5.10 Å². The van der Waals surface area contributed by atoms with Crippen molar-refractivity contribution in [2.24, 2.45) is 0 Å². The number of hydrogen-bond donors (Lipinski definition) is 1. The summed E-state index contributed by atoms with van der Waals surface area (Å²) in [6.07, 6.45) is 3.66. The third-order valence-electron chi connectivity index (χ3n) is 4.76. The molecule has 0 radical (unpaired) electrons. The highest BCUT2D eigenvalue weighted by Crippen LogP contribution is 2.23. The lowest BCUT2D eigenvalue weighted by atomic mass is 10.2. The fraction of sp³-hybridized carbons (Fsp3) is 0.500. The van der Waals surface area contributed by atoms with E-state index in [1.165, 1.54) is 5.56 Å². The fourth-order valence-electron chi connectivity index (χ4n) is 3.46. The lowest BCUT2D eigenvalue weighted by molar-refractivity contribution is -0.123. The van der Waals surface area contributed by atoms with Crippen LogP contribution < -0.4 is 5.32 Å². The van der Waals surface area contributed by atoms with Gasteiger partial charge in [0.2, 0.25) is 5.91 Å². The van der Waals surface area contributed by atoms with Gasteiger partial charge in [-0.3, -0.25) is 9.48 Å². The third-order valence-corrected chi connectivity index (χ3v) is 4.76. The number of benzene rings is 1. The molecule has 1 aliphatic rings. The second-order valence-corrected chi connectivity index (χ2v) is 6.84. The largest absolute Gasteiger partial charge is 0.371 e. The van der Waals surface area contributed by atoms with Crippen molar-refractivity contribution in [1.29, 1.82) is 0 Å². The minimum atomic E-state index is 0.0766. The van der Waals surface area contributed by atoms with Crippen LogP contribution in [0.25, 0.3) is 0 Å². The van der Waals surface area contributed by atoms with E-state index >= 15 is 0 Å². The number of carbonyl (C=O) groups excluding carboxylic acids is 1. The van der Waals surface area contributed by atoms with E-state index in [-0.39, 0.29) is 18.1 Å². The number of nitrogens with zero attached hydrogens (tertiary/aromatic N) is 2. The van der Waals surface area contributed by atoms with Crippen LogP contribution in [0.4, 0.5) is 0 Å². The van der Waals surface area contributed by atoms with Gasteiger partial charge in [-0.05, 0) is 44.7 Å².